The highest BCUT2D eigenvalue weighted by Crippen LogP contribution is 2.24. The molecule has 2 aromatic rings. The molecule has 1 saturated heterocycles. The number of nitrogens with one attached hydrogen (secondary N) is 1. The summed E-state index contributed by atoms with van der Waals surface area (Å²) in [6.45, 7) is 5.53. The summed E-state index contributed by atoms with van der Waals surface area (Å²) in [5, 5.41) is 11.3. The molecule has 6 nitrogen and oxygen atoms in total. The first-order chi connectivity index (χ1) is 12.1. The standard InChI is InChI=1S/C19H21N3O3/c1-15-6-5-9-17(18(15)22(24)25)19(23)21-12-10-20(11-13-21)14-16-7-3-2-4-8-16/h2-9H,10-14H2,1H3/p+1. The lowest BCUT2D eigenvalue weighted by Crippen LogP contribution is -3.13. The molecular weight excluding hydrogens is 318 g/mol. The van der Waals surface area contributed by atoms with Crippen molar-refractivity contribution >= 4 is 11.6 Å². The maximum atomic E-state index is 12.8. The summed E-state index contributed by atoms with van der Waals surface area (Å²) < 4.78 is 0. The molecule has 6 heteroatoms. The summed E-state index contributed by atoms with van der Waals surface area (Å²) in [4.78, 5) is 26.8. The Balaban J connectivity index is 1.66. The zero-order valence-electron chi connectivity index (χ0n) is 14.3. The van der Waals surface area contributed by atoms with Crippen molar-refractivity contribution in [1.29, 1.82) is 0 Å². The van der Waals surface area contributed by atoms with Gasteiger partial charge in [0, 0.05) is 11.1 Å². The van der Waals surface area contributed by atoms with Gasteiger partial charge in [-0.1, -0.05) is 42.5 Å². The normalized spacial score (nSPS) is 15.2. The fraction of sp³-hybridized carbons (Fsp3) is 0.316. The highest BCUT2D eigenvalue weighted by molar-refractivity contribution is 5.98. The molecule has 0 unspecified atom stereocenters. The van der Waals surface area contributed by atoms with Crippen LogP contribution in [0.15, 0.2) is 48.5 Å². The largest absolute Gasteiger partial charge is 0.328 e. The lowest BCUT2D eigenvalue weighted by Gasteiger charge is -2.32. The number of aryl methyl sites for hydroxylation is 1. The first kappa shape index (κ1) is 17.1. The summed E-state index contributed by atoms with van der Waals surface area (Å²) >= 11 is 0. The Hall–Kier alpha value is -2.73. The molecule has 1 aliphatic heterocycles. The Kier molecular flexibility index (Phi) is 5.09. The second-order valence-corrected chi connectivity index (χ2v) is 6.43. The van der Waals surface area contributed by atoms with Crippen molar-refractivity contribution < 1.29 is 14.6 Å². The van der Waals surface area contributed by atoms with Crippen LogP contribution in [0.25, 0.3) is 0 Å². The van der Waals surface area contributed by atoms with Crippen LogP contribution in [0.1, 0.15) is 21.5 Å². The summed E-state index contributed by atoms with van der Waals surface area (Å²) in [7, 11) is 0. The van der Waals surface area contributed by atoms with E-state index in [0.29, 0.717) is 18.7 Å². The Morgan fingerprint density at radius 3 is 2.44 bits per heavy atom. The number of para-hydroxylation sites is 1. The zero-order chi connectivity index (χ0) is 17.8. The van der Waals surface area contributed by atoms with Gasteiger partial charge in [-0.15, -0.1) is 0 Å². The molecule has 0 aliphatic carbocycles. The van der Waals surface area contributed by atoms with E-state index in [0.717, 1.165) is 19.6 Å². The van der Waals surface area contributed by atoms with E-state index in [1.807, 2.05) is 18.2 Å². The summed E-state index contributed by atoms with van der Waals surface area (Å²) in [6, 6.07) is 15.2. The van der Waals surface area contributed by atoms with Crippen molar-refractivity contribution in [3.63, 3.8) is 0 Å². The highest BCUT2D eigenvalue weighted by atomic mass is 16.6. The minimum atomic E-state index is -0.459. The molecule has 1 fully saturated rings. The minimum absolute atomic E-state index is 0.0773. The molecule has 130 valence electrons. The molecular formula is C19H22N3O3+. The monoisotopic (exact) mass is 340 g/mol. The molecule has 1 aliphatic rings. The van der Waals surface area contributed by atoms with Gasteiger partial charge in [-0.05, 0) is 13.0 Å². The maximum Gasteiger partial charge on any atom is 0.285 e. The number of carbonyl (C=O) groups is 1. The maximum absolute atomic E-state index is 12.8. The quantitative estimate of drug-likeness (QED) is 0.676. The number of hydrogen-bond acceptors (Lipinski definition) is 3. The van der Waals surface area contributed by atoms with Crippen LogP contribution >= 0.6 is 0 Å². The average molecular weight is 340 g/mol. The zero-order valence-corrected chi connectivity index (χ0v) is 14.3. The number of nitro benzene ring substituents is 1. The third kappa shape index (κ3) is 3.85. The van der Waals surface area contributed by atoms with Gasteiger partial charge in [0.15, 0.2) is 0 Å². The van der Waals surface area contributed by atoms with Gasteiger partial charge in [0.25, 0.3) is 11.6 Å². The van der Waals surface area contributed by atoms with Crippen LogP contribution in [-0.4, -0.2) is 41.9 Å². The fourth-order valence-electron chi connectivity index (χ4n) is 3.33. The Bertz CT molecular complexity index is 769. The van der Waals surface area contributed by atoms with Gasteiger partial charge in [0.1, 0.15) is 12.1 Å². The number of hydrogen-bond donors (Lipinski definition) is 1. The molecule has 3 rings (SSSR count). The van der Waals surface area contributed by atoms with Crippen LogP contribution in [0.3, 0.4) is 0 Å². The number of piperazine rings is 1. The van der Waals surface area contributed by atoms with Gasteiger partial charge >= 0.3 is 0 Å². The second kappa shape index (κ2) is 7.44. The van der Waals surface area contributed by atoms with E-state index in [4.69, 9.17) is 0 Å². The molecule has 0 aromatic heterocycles. The van der Waals surface area contributed by atoms with E-state index in [-0.39, 0.29) is 17.2 Å². The lowest BCUT2D eigenvalue weighted by atomic mass is 10.1. The Morgan fingerprint density at radius 2 is 1.80 bits per heavy atom. The molecule has 0 bridgehead atoms. The number of rotatable bonds is 4. The van der Waals surface area contributed by atoms with Crippen molar-refractivity contribution in [1.82, 2.24) is 4.90 Å². The molecule has 0 atom stereocenters. The smallest absolute Gasteiger partial charge is 0.285 e. The van der Waals surface area contributed by atoms with Gasteiger partial charge in [-0.3, -0.25) is 14.9 Å². The third-order valence-corrected chi connectivity index (χ3v) is 4.71. The fourth-order valence-corrected chi connectivity index (χ4v) is 3.33. The molecule has 0 saturated carbocycles. The average Bonchev–Trinajstić information content (AvgIpc) is 2.62. The number of amides is 1. The van der Waals surface area contributed by atoms with Crippen LogP contribution in [0, 0.1) is 17.0 Å². The second-order valence-electron chi connectivity index (χ2n) is 6.43. The van der Waals surface area contributed by atoms with E-state index in [1.54, 1.807) is 30.0 Å². The van der Waals surface area contributed by atoms with E-state index in [1.165, 1.54) is 10.5 Å². The van der Waals surface area contributed by atoms with E-state index in [9.17, 15) is 14.9 Å². The van der Waals surface area contributed by atoms with Crippen LogP contribution in [0.5, 0.6) is 0 Å². The van der Waals surface area contributed by atoms with Crippen LogP contribution in [0.4, 0.5) is 5.69 Å². The number of benzene rings is 2. The van der Waals surface area contributed by atoms with Crippen LogP contribution in [0.2, 0.25) is 0 Å². The van der Waals surface area contributed by atoms with Crippen molar-refractivity contribution in [3.05, 3.63) is 75.3 Å². The van der Waals surface area contributed by atoms with Gasteiger partial charge in [0.2, 0.25) is 0 Å². The SMILES string of the molecule is Cc1cccc(C(=O)N2CC[NH+](Cc3ccccc3)CC2)c1[N+](=O)[O-]. The van der Waals surface area contributed by atoms with E-state index < -0.39 is 4.92 Å². The van der Waals surface area contributed by atoms with Crippen LogP contribution in [-0.2, 0) is 6.54 Å². The Morgan fingerprint density at radius 1 is 1.12 bits per heavy atom. The summed E-state index contributed by atoms with van der Waals surface area (Å²) in [6.07, 6.45) is 0. The topological polar surface area (TPSA) is 67.9 Å². The van der Waals surface area contributed by atoms with Crippen molar-refractivity contribution in [2.75, 3.05) is 26.2 Å². The molecule has 1 heterocycles. The summed E-state index contributed by atoms with van der Waals surface area (Å²) in [5.74, 6) is -0.242. The number of carbonyl (C=O) groups excluding carboxylic acids is 1. The summed E-state index contributed by atoms with van der Waals surface area (Å²) in [5.41, 5.74) is 1.92. The van der Waals surface area contributed by atoms with E-state index >= 15 is 0 Å². The first-order valence-corrected chi connectivity index (χ1v) is 8.47. The number of nitro groups is 1. The molecule has 0 radical (unpaired) electrons. The van der Waals surface area contributed by atoms with Gasteiger partial charge in [-0.25, -0.2) is 0 Å². The predicted octanol–water partition coefficient (Wildman–Crippen LogP) is 1.44. The van der Waals surface area contributed by atoms with Gasteiger partial charge < -0.3 is 9.80 Å². The van der Waals surface area contributed by atoms with Crippen molar-refractivity contribution in [2.45, 2.75) is 13.5 Å². The third-order valence-electron chi connectivity index (χ3n) is 4.71. The first-order valence-electron chi connectivity index (χ1n) is 8.47. The van der Waals surface area contributed by atoms with E-state index in [2.05, 4.69) is 12.1 Å². The number of nitrogens with zero attached hydrogens (tertiary/aromatic N) is 2. The number of quaternary nitrogens is 1. The molecule has 25 heavy (non-hydrogen) atoms. The Labute approximate surface area is 146 Å². The van der Waals surface area contributed by atoms with Gasteiger partial charge in [0.05, 0.1) is 31.1 Å². The molecule has 0 spiro atoms. The minimum Gasteiger partial charge on any atom is -0.328 e. The van der Waals surface area contributed by atoms with Gasteiger partial charge in [-0.2, -0.15) is 0 Å². The lowest BCUT2D eigenvalue weighted by molar-refractivity contribution is -0.917. The molecule has 1 amide bonds. The highest BCUT2D eigenvalue weighted by Gasteiger charge is 2.29. The molecule has 2 aromatic carbocycles. The van der Waals surface area contributed by atoms with Crippen molar-refractivity contribution in [3.8, 4) is 0 Å². The van der Waals surface area contributed by atoms with Crippen LogP contribution < -0.4 is 4.90 Å². The van der Waals surface area contributed by atoms with Crippen molar-refractivity contribution in [2.24, 2.45) is 0 Å². The molecule has 1 N–H and O–H groups in total. The predicted molar refractivity (Wildman–Crippen MR) is 94.6 cm³/mol.